The zero-order valence-corrected chi connectivity index (χ0v) is 11.7. The van der Waals surface area contributed by atoms with Gasteiger partial charge in [0.2, 0.25) is 0 Å². The Morgan fingerprint density at radius 1 is 1.28 bits per heavy atom. The maximum atomic E-state index is 11.9. The second kappa shape index (κ2) is 5.17. The molecule has 0 saturated heterocycles. The summed E-state index contributed by atoms with van der Waals surface area (Å²) >= 11 is 0. The largest absolute Gasteiger partial charge is 0.295 e. The highest BCUT2D eigenvalue weighted by atomic mass is 32.2. The lowest BCUT2D eigenvalue weighted by molar-refractivity contribution is -0.0357. The first-order valence-electron chi connectivity index (χ1n) is 5.43. The number of Topliss-reactive ketones (excluding diaryl/α,β-unsaturated/α-hetero) is 1. The second-order valence-electron chi connectivity index (χ2n) is 4.89. The van der Waals surface area contributed by atoms with Crippen LogP contribution in [-0.4, -0.2) is 19.8 Å². The molecule has 0 radical (unpaired) electrons. The van der Waals surface area contributed by atoms with E-state index in [4.69, 9.17) is 4.84 Å². The monoisotopic (exact) mass is 271 g/mol. The Bertz CT molecular complexity index is 543. The van der Waals surface area contributed by atoms with Crippen LogP contribution in [0, 0.1) is 0 Å². The van der Waals surface area contributed by atoms with E-state index in [1.807, 2.05) is 4.89 Å². The summed E-state index contributed by atoms with van der Waals surface area (Å²) in [4.78, 5) is 18.3. The Balaban J connectivity index is 2.99. The van der Waals surface area contributed by atoms with E-state index in [2.05, 4.69) is 0 Å². The molecule has 0 saturated carbocycles. The molecule has 0 fully saturated rings. The lowest BCUT2D eigenvalue weighted by Crippen LogP contribution is -2.33. The van der Waals surface area contributed by atoms with Crippen LogP contribution < -0.4 is 4.89 Å². The van der Waals surface area contributed by atoms with Crippen LogP contribution in [0.1, 0.15) is 38.1 Å². The van der Waals surface area contributed by atoms with Gasteiger partial charge in [0.15, 0.2) is 5.78 Å². The third kappa shape index (κ3) is 4.21. The van der Waals surface area contributed by atoms with Gasteiger partial charge in [0.25, 0.3) is 10.0 Å². The molecule has 1 rings (SSSR count). The van der Waals surface area contributed by atoms with Crippen molar-refractivity contribution in [3.05, 3.63) is 29.8 Å². The molecule has 1 aromatic rings. The van der Waals surface area contributed by atoms with E-state index < -0.39 is 15.6 Å². The Morgan fingerprint density at radius 3 is 2.39 bits per heavy atom. The Hall–Kier alpha value is -1.24. The van der Waals surface area contributed by atoms with Crippen LogP contribution in [0.25, 0.3) is 0 Å². The summed E-state index contributed by atoms with van der Waals surface area (Å²) < 4.78 is 23.8. The highest BCUT2D eigenvalue weighted by Crippen LogP contribution is 2.13. The molecule has 0 heterocycles. The zero-order chi connectivity index (χ0) is 14.0. The van der Waals surface area contributed by atoms with Crippen molar-refractivity contribution in [3.63, 3.8) is 0 Å². The Labute approximate surface area is 107 Å². The van der Waals surface area contributed by atoms with Crippen LogP contribution in [0.5, 0.6) is 0 Å². The summed E-state index contributed by atoms with van der Waals surface area (Å²) in [6, 6.07) is 5.80. The Morgan fingerprint density at radius 2 is 1.89 bits per heavy atom. The average molecular weight is 271 g/mol. The summed E-state index contributed by atoms with van der Waals surface area (Å²) in [6.07, 6.45) is 0. The predicted octanol–water partition coefficient (Wildman–Crippen LogP) is 1.90. The highest BCUT2D eigenvalue weighted by Gasteiger charge is 2.19. The van der Waals surface area contributed by atoms with E-state index >= 15 is 0 Å². The van der Waals surface area contributed by atoms with Crippen LogP contribution in [0.3, 0.4) is 0 Å². The van der Waals surface area contributed by atoms with Crippen molar-refractivity contribution < 1.29 is 18.0 Å². The number of nitrogens with one attached hydrogen (secondary N) is 1. The molecule has 6 heteroatoms. The van der Waals surface area contributed by atoms with Crippen molar-refractivity contribution in [1.82, 2.24) is 4.89 Å². The molecule has 0 aromatic heterocycles. The normalized spacial score (nSPS) is 12.4. The number of sulfonamides is 1. The van der Waals surface area contributed by atoms with Crippen molar-refractivity contribution in [2.45, 2.75) is 38.2 Å². The summed E-state index contributed by atoms with van der Waals surface area (Å²) in [5.41, 5.74) is -0.292. The molecule has 5 nitrogen and oxygen atoms in total. The zero-order valence-electron chi connectivity index (χ0n) is 10.9. The van der Waals surface area contributed by atoms with Gasteiger partial charge in [0, 0.05) is 5.56 Å². The maximum Gasteiger partial charge on any atom is 0.262 e. The standard InChI is InChI=1S/C12H17NO4S/c1-9(14)10-6-5-7-11(8-10)18(15,16)13-17-12(2,3)4/h5-8,13H,1-4H3. The number of ketones is 1. The lowest BCUT2D eigenvalue weighted by atomic mass is 10.2. The molecule has 1 aromatic carbocycles. The van der Waals surface area contributed by atoms with E-state index in [0.29, 0.717) is 5.56 Å². The van der Waals surface area contributed by atoms with Crippen LogP contribution >= 0.6 is 0 Å². The topological polar surface area (TPSA) is 72.5 Å². The fourth-order valence-corrected chi connectivity index (χ4v) is 2.11. The Kier molecular flexibility index (Phi) is 4.26. The third-order valence-corrected chi connectivity index (χ3v) is 3.19. The first-order chi connectivity index (χ1) is 8.12. The van der Waals surface area contributed by atoms with Crippen LogP contribution in [-0.2, 0) is 14.9 Å². The van der Waals surface area contributed by atoms with Gasteiger partial charge in [-0.25, -0.2) is 8.42 Å². The van der Waals surface area contributed by atoms with Gasteiger partial charge in [-0.3, -0.25) is 9.63 Å². The van der Waals surface area contributed by atoms with Gasteiger partial charge in [-0.15, -0.1) is 0 Å². The summed E-state index contributed by atoms with van der Waals surface area (Å²) in [5.74, 6) is -0.191. The van der Waals surface area contributed by atoms with Crippen molar-refractivity contribution in [1.29, 1.82) is 0 Å². The average Bonchev–Trinajstić information content (AvgIpc) is 2.26. The van der Waals surface area contributed by atoms with Gasteiger partial charge in [-0.1, -0.05) is 17.0 Å². The van der Waals surface area contributed by atoms with E-state index in [0.717, 1.165) is 0 Å². The maximum absolute atomic E-state index is 11.9. The van der Waals surface area contributed by atoms with Crippen LogP contribution in [0.15, 0.2) is 29.2 Å². The van der Waals surface area contributed by atoms with Gasteiger partial charge in [-0.2, -0.15) is 0 Å². The first kappa shape index (κ1) is 14.8. The van der Waals surface area contributed by atoms with E-state index in [9.17, 15) is 13.2 Å². The van der Waals surface area contributed by atoms with Crippen LogP contribution in [0.2, 0.25) is 0 Å². The molecule has 0 aliphatic heterocycles. The minimum atomic E-state index is -3.77. The van der Waals surface area contributed by atoms with E-state index in [1.165, 1.54) is 25.1 Å². The third-order valence-electron chi connectivity index (χ3n) is 2.01. The number of rotatable bonds is 4. The smallest absolute Gasteiger partial charge is 0.262 e. The second-order valence-corrected chi connectivity index (χ2v) is 6.53. The van der Waals surface area contributed by atoms with Crippen molar-refractivity contribution in [2.24, 2.45) is 0 Å². The van der Waals surface area contributed by atoms with Gasteiger partial charge >= 0.3 is 0 Å². The predicted molar refractivity (Wildman–Crippen MR) is 67.6 cm³/mol. The van der Waals surface area contributed by atoms with Gasteiger partial charge in [0.05, 0.1) is 10.5 Å². The highest BCUT2D eigenvalue weighted by molar-refractivity contribution is 7.89. The fraction of sp³-hybridized carbons (Fsp3) is 0.417. The number of benzene rings is 1. The number of carbonyl (C=O) groups is 1. The lowest BCUT2D eigenvalue weighted by Gasteiger charge is -2.19. The molecular formula is C12H17NO4S. The number of hydrogen-bond acceptors (Lipinski definition) is 4. The van der Waals surface area contributed by atoms with Crippen LogP contribution in [0.4, 0.5) is 0 Å². The molecule has 0 unspecified atom stereocenters. The van der Waals surface area contributed by atoms with Crippen molar-refractivity contribution >= 4 is 15.8 Å². The summed E-state index contributed by atoms with van der Waals surface area (Å²) in [5, 5.41) is 0. The quantitative estimate of drug-likeness (QED) is 0.670. The number of hydrogen-bond donors (Lipinski definition) is 1. The molecular weight excluding hydrogens is 254 g/mol. The molecule has 0 aliphatic rings. The molecule has 100 valence electrons. The van der Waals surface area contributed by atoms with Gasteiger partial charge in [-0.05, 0) is 39.8 Å². The molecule has 18 heavy (non-hydrogen) atoms. The summed E-state index contributed by atoms with van der Waals surface area (Å²) in [7, 11) is -3.77. The minimum Gasteiger partial charge on any atom is -0.295 e. The number of carbonyl (C=O) groups excluding carboxylic acids is 1. The van der Waals surface area contributed by atoms with Gasteiger partial charge < -0.3 is 0 Å². The molecule has 0 amide bonds. The summed E-state index contributed by atoms with van der Waals surface area (Å²) in [6.45, 7) is 6.55. The van der Waals surface area contributed by atoms with Crippen molar-refractivity contribution in [2.75, 3.05) is 0 Å². The SMILES string of the molecule is CC(=O)c1cccc(S(=O)(=O)NOC(C)(C)C)c1. The molecule has 0 bridgehead atoms. The minimum absolute atomic E-state index is 0.000509. The molecule has 0 aliphatic carbocycles. The molecule has 1 N–H and O–H groups in total. The van der Waals surface area contributed by atoms with E-state index in [-0.39, 0.29) is 10.7 Å². The molecule has 0 atom stereocenters. The van der Waals surface area contributed by atoms with Crippen molar-refractivity contribution in [3.8, 4) is 0 Å². The van der Waals surface area contributed by atoms with Gasteiger partial charge in [0.1, 0.15) is 0 Å². The first-order valence-corrected chi connectivity index (χ1v) is 6.91. The molecule has 0 spiro atoms. The van der Waals surface area contributed by atoms with E-state index in [1.54, 1.807) is 26.8 Å². The fourth-order valence-electron chi connectivity index (χ4n) is 1.11.